The Morgan fingerprint density at radius 2 is 1.58 bits per heavy atom. The third-order valence-electron chi connectivity index (χ3n) is 1.05. The summed E-state index contributed by atoms with van der Waals surface area (Å²) in [4.78, 5) is 0. The quantitative estimate of drug-likeness (QED) is 0.389. The second-order valence-corrected chi connectivity index (χ2v) is 13.5. The van der Waals surface area contributed by atoms with Crippen LogP contribution < -0.4 is 0 Å². The normalized spacial score (nSPS) is 13.5. The highest BCUT2D eigenvalue weighted by molar-refractivity contribution is 6.79. The summed E-state index contributed by atoms with van der Waals surface area (Å²) >= 11 is 0. The average Bonchev–Trinajstić information content (AvgIpc) is 1.76. The maximum absolute atomic E-state index is 5.85. The number of hydrogen-bond donors (Lipinski definition) is 0. The highest BCUT2D eigenvalue weighted by atomic mass is 28.4. The first-order valence-electron chi connectivity index (χ1n) is 4.21. The van der Waals surface area contributed by atoms with E-state index >= 15 is 0 Å². The van der Waals surface area contributed by atoms with Crippen molar-refractivity contribution in [1.82, 2.24) is 0 Å². The van der Waals surface area contributed by atoms with Gasteiger partial charge in [-0.25, -0.2) is 0 Å². The fourth-order valence-corrected chi connectivity index (χ4v) is 1.57. The molecule has 0 rings (SSSR count). The highest BCUT2D eigenvalue weighted by Crippen LogP contribution is 2.04. The van der Waals surface area contributed by atoms with Gasteiger partial charge in [-0.15, -0.1) is 0 Å². The van der Waals surface area contributed by atoms with Crippen LogP contribution in [0.25, 0.3) is 0 Å². The number of rotatable bonds is 5. The van der Waals surface area contributed by atoms with Gasteiger partial charge < -0.3 is 9.16 Å². The lowest BCUT2D eigenvalue weighted by Gasteiger charge is -2.20. The molecule has 0 unspecified atom stereocenters. The van der Waals surface area contributed by atoms with Crippen LogP contribution in [0.15, 0.2) is 0 Å². The van der Waals surface area contributed by atoms with Crippen LogP contribution >= 0.6 is 0 Å². The first-order valence-corrected chi connectivity index (χ1v) is 10.9. The van der Waals surface area contributed by atoms with Gasteiger partial charge in [0.05, 0.1) is 8.07 Å². The summed E-state index contributed by atoms with van der Waals surface area (Å²) in [6.45, 7) is 16.8. The average molecular weight is 204 g/mol. The van der Waals surface area contributed by atoms with Crippen LogP contribution in [0.1, 0.15) is 0 Å². The van der Waals surface area contributed by atoms with Gasteiger partial charge in [0.1, 0.15) is 6.79 Å². The van der Waals surface area contributed by atoms with E-state index in [9.17, 15) is 0 Å². The Hall–Kier alpha value is 0.354. The molecule has 72 valence electrons. The van der Waals surface area contributed by atoms with Gasteiger partial charge in [0, 0.05) is 6.23 Å². The van der Waals surface area contributed by atoms with Crippen LogP contribution in [0.4, 0.5) is 0 Å². The van der Waals surface area contributed by atoms with Gasteiger partial charge in [0.15, 0.2) is 8.32 Å². The lowest BCUT2D eigenvalue weighted by Crippen LogP contribution is -2.32. The van der Waals surface area contributed by atoms with Gasteiger partial charge >= 0.3 is 0 Å². The van der Waals surface area contributed by atoms with E-state index in [4.69, 9.17) is 15.7 Å². The zero-order valence-corrected chi connectivity index (χ0v) is 10.8. The maximum Gasteiger partial charge on any atom is 0.186 e. The highest BCUT2D eigenvalue weighted by Gasteiger charge is 2.16. The Labute approximate surface area is 78.4 Å². The van der Waals surface area contributed by atoms with Crippen molar-refractivity contribution in [3.05, 3.63) is 6.55 Å². The first kappa shape index (κ1) is 12.4. The van der Waals surface area contributed by atoms with Crippen LogP contribution in [0.5, 0.6) is 0 Å². The molecular weight excluding hydrogens is 184 g/mol. The standard InChI is InChI=1S/C8H20O2Si2/c1-11(2,3)8-9-7-10-12(4,5)6/h1H,7-8H2,2-6H3. The molecule has 12 heavy (non-hydrogen) atoms. The SMILES string of the molecule is [CH][Si](C)(C)COCO[Si](C)(C)C. The zero-order valence-electron chi connectivity index (χ0n) is 8.81. The van der Waals surface area contributed by atoms with Gasteiger partial charge in [0.2, 0.25) is 0 Å². The summed E-state index contributed by atoms with van der Waals surface area (Å²) in [6.07, 6.45) is 0.678. The Kier molecular flexibility index (Phi) is 4.69. The molecule has 4 heteroatoms. The molecule has 0 bridgehead atoms. The van der Waals surface area contributed by atoms with Crippen molar-refractivity contribution in [3.63, 3.8) is 0 Å². The molecule has 0 aromatic carbocycles. The van der Waals surface area contributed by atoms with Crippen molar-refractivity contribution < 1.29 is 9.16 Å². The van der Waals surface area contributed by atoms with E-state index in [1.165, 1.54) is 0 Å². The molecule has 0 atom stereocenters. The van der Waals surface area contributed by atoms with E-state index in [1.54, 1.807) is 0 Å². The predicted molar refractivity (Wildman–Crippen MR) is 57.0 cm³/mol. The fourth-order valence-electron chi connectivity index (χ4n) is 0.523. The Morgan fingerprint density at radius 3 is 1.92 bits per heavy atom. The molecule has 0 aromatic rings. The van der Waals surface area contributed by atoms with E-state index in [2.05, 4.69) is 32.7 Å². The van der Waals surface area contributed by atoms with Gasteiger partial charge in [-0.3, -0.25) is 0 Å². The van der Waals surface area contributed by atoms with E-state index < -0.39 is 16.4 Å². The van der Waals surface area contributed by atoms with Crippen molar-refractivity contribution in [2.75, 3.05) is 13.0 Å². The van der Waals surface area contributed by atoms with Gasteiger partial charge in [-0.05, 0) is 26.2 Å². The van der Waals surface area contributed by atoms with Crippen molar-refractivity contribution in [3.8, 4) is 0 Å². The van der Waals surface area contributed by atoms with E-state index in [1.807, 2.05) is 0 Å². The largest absolute Gasteiger partial charge is 0.395 e. The molecule has 0 fully saturated rings. The molecule has 0 N–H and O–H groups in total. The van der Waals surface area contributed by atoms with E-state index in [-0.39, 0.29) is 0 Å². The minimum Gasteiger partial charge on any atom is -0.395 e. The van der Waals surface area contributed by atoms with Crippen molar-refractivity contribution in [2.45, 2.75) is 32.7 Å². The minimum absolute atomic E-state index is 0.406. The zero-order chi connectivity index (χ0) is 9.83. The van der Waals surface area contributed by atoms with Crippen molar-refractivity contribution in [1.29, 1.82) is 0 Å². The summed E-state index contributed by atoms with van der Waals surface area (Å²) in [5.41, 5.74) is 0. The molecule has 0 aromatic heterocycles. The molecule has 2 nitrogen and oxygen atoms in total. The van der Waals surface area contributed by atoms with Crippen LogP contribution in [0.2, 0.25) is 32.7 Å². The molecule has 0 aliphatic carbocycles. The van der Waals surface area contributed by atoms with Crippen LogP contribution in [-0.2, 0) is 9.16 Å². The fraction of sp³-hybridized carbons (Fsp3) is 0.875. The third kappa shape index (κ3) is 10.4. The van der Waals surface area contributed by atoms with E-state index in [0.29, 0.717) is 13.0 Å². The Morgan fingerprint density at radius 1 is 1.08 bits per heavy atom. The van der Waals surface area contributed by atoms with Crippen LogP contribution in [-0.4, -0.2) is 29.4 Å². The summed E-state index contributed by atoms with van der Waals surface area (Å²) in [6, 6.07) is 0. The van der Waals surface area contributed by atoms with E-state index in [0.717, 1.165) is 0 Å². The molecule has 0 aliphatic heterocycles. The Balaban J connectivity index is 3.35. The number of hydrogen-bond acceptors (Lipinski definition) is 2. The van der Waals surface area contributed by atoms with Crippen molar-refractivity contribution in [2.24, 2.45) is 0 Å². The van der Waals surface area contributed by atoms with Crippen LogP contribution in [0, 0.1) is 6.55 Å². The second-order valence-electron chi connectivity index (χ2n) is 4.71. The molecule has 0 heterocycles. The number of ether oxygens (including phenoxy) is 1. The second kappa shape index (κ2) is 4.55. The smallest absolute Gasteiger partial charge is 0.186 e. The lowest BCUT2D eigenvalue weighted by molar-refractivity contribution is 0.0318. The predicted octanol–water partition coefficient (Wildman–Crippen LogP) is 2.31. The summed E-state index contributed by atoms with van der Waals surface area (Å²) in [7, 11) is -2.94. The Bertz CT molecular complexity index is 108. The van der Waals surface area contributed by atoms with Crippen molar-refractivity contribution >= 4 is 16.4 Å². The van der Waals surface area contributed by atoms with Gasteiger partial charge in [-0.1, -0.05) is 13.1 Å². The van der Waals surface area contributed by atoms with Crippen LogP contribution in [0.3, 0.4) is 0 Å². The molecule has 2 radical (unpaired) electrons. The summed E-state index contributed by atoms with van der Waals surface area (Å²) in [5, 5.41) is 0. The molecule has 0 spiro atoms. The van der Waals surface area contributed by atoms with Gasteiger partial charge in [0.25, 0.3) is 0 Å². The monoisotopic (exact) mass is 204 g/mol. The molecule has 0 aliphatic rings. The molecule has 0 amide bonds. The summed E-state index contributed by atoms with van der Waals surface area (Å²) < 4.78 is 10.8. The first-order chi connectivity index (χ1) is 5.21. The van der Waals surface area contributed by atoms with Gasteiger partial charge in [-0.2, -0.15) is 0 Å². The molecule has 0 saturated carbocycles. The third-order valence-corrected chi connectivity index (χ3v) is 2.98. The molecule has 0 saturated heterocycles. The lowest BCUT2D eigenvalue weighted by atomic mass is 11.4. The topological polar surface area (TPSA) is 18.5 Å². The maximum atomic E-state index is 5.85. The minimum atomic E-state index is -1.54. The summed E-state index contributed by atoms with van der Waals surface area (Å²) in [5.74, 6) is 0. The molecular formula is C8H20O2Si2.